The van der Waals surface area contributed by atoms with Gasteiger partial charge in [0.05, 0.1) is 22.5 Å². The molecule has 0 aliphatic heterocycles. The van der Waals surface area contributed by atoms with Crippen LogP contribution >= 0.6 is 11.6 Å². The van der Waals surface area contributed by atoms with Crippen molar-refractivity contribution < 1.29 is 0 Å². The van der Waals surface area contributed by atoms with Crippen molar-refractivity contribution in [1.82, 2.24) is 19.7 Å². The summed E-state index contributed by atoms with van der Waals surface area (Å²) in [6.45, 7) is 4.85. The molecule has 5 nitrogen and oxygen atoms in total. The topological polar surface area (TPSA) is 69.6 Å². The molecule has 0 aliphatic carbocycles. The van der Waals surface area contributed by atoms with Gasteiger partial charge < -0.3 is 5.73 Å². The van der Waals surface area contributed by atoms with E-state index in [-0.39, 0.29) is 6.04 Å². The van der Waals surface area contributed by atoms with Gasteiger partial charge in [-0.25, -0.2) is 9.97 Å². The molecule has 0 spiro atoms. The normalized spacial score (nSPS) is 12.6. The van der Waals surface area contributed by atoms with Gasteiger partial charge in [-0.15, -0.1) is 0 Å². The van der Waals surface area contributed by atoms with E-state index < -0.39 is 0 Å². The van der Waals surface area contributed by atoms with Crippen LogP contribution in [0.5, 0.6) is 0 Å². The predicted molar refractivity (Wildman–Crippen MR) is 75.0 cm³/mol. The Bertz CT molecular complexity index is 537. The van der Waals surface area contributed by atoms with Gasteiger partial charge in [0.1, 0.15) is 5.82 Å². The minimum atomic E-state index is -0.273. The van der Waals surface area contributed by atoms with Crippen LogP contribution in [0.15, 0.2) is 18.5 Å². The summed E-state index contributed by atoms with van der Waals surface area (Å²) in [4.78, 5) is 8.36. The molecule has 1 unspecified atom stereocenters. The molecule has 2 N–H and O–H groups in total. The maximum atomic E-state index is 6.36. The van der Waals surface area contributed by atoms with Gasteiger partial charge in [-0.2, -0.15) is 5.10 Å². The third-order valence-electron chi connectivity index (χ3n) is 3.02. The second-order valence-corrected chi connectivity index (χ2v) is 4.67. The Kier molecular flexibility index (Phi) is 4.50. The summed E-state index contributed by atoms with van der Waals surface area (Å²) < 4.78 is 1.91. The van der Waals surface area contributed by atoms with E-state index in [1.54, 1.807) is 18.5 Å². The lowest BCUT2D eigenvalue weighted by Gasteiger charge is -2.11. The zero-order chi connectivity index (χ0) is 13.8. The fourth-order valence-electron chi connectivity index (χ4n) is 2.01. The van der Waals surface area contributed by atoms with Crippen molar-refractivity contribution in [2.45, 2.75) is 39.3 Å². The smallest absolute Gasteiger partial charge is 0.145 e. The first-order valence-electron chi connectivity index (χ1n) is 6.43. The van der Waals surface area contributed by atoms with E-state index in [2.05, 4.69) is 15.1 Å². The highest BCUT2D eigenvalue weighted by atomic mass is 35.5. The van der Waals surface area contributed by atoms with E-state index in [4.69, 9.17) is 17.3 Å². The van der Waals surface area contributed by atoms with Gasteiger partial charge in [-0.3, -0.25) is 4.68 Å². The number of hydrogen-bond donors (Lipinski definition) is 1. The number of nitrogens with zero attached hydrogens (tertiary/aromatic N) is 4. The molecule has 0 fully saturated rings. The summed E-state index contributed by atoms with van der Waals surface area (Å²) in [6, 6.07) is 1.50. The van der Waals surface area contributed by atoms with Crippen molar-refractivity contribution in [3.05, 3.63) is 40.7 Å². The van der Waals surface area contributed by atoms with Gasteiger partial charge in [0, 0.05) is 25.4 Å². The summed E-state index contributed by atoms with van der Waals surface area (Å²) in [7, 11) is 0. The summed E-state index contributed by atoms with van der Waals surface area (Å²) in [5, 5.41) is 5.20. The standard InChI is InChI=1S/C13H18ClN5/c1-3-10-12(14)11(19(4-2)18-10)8-9(15)13-16-6-5-7-17-13/h5-7,9H,3-4,8,15H2,1-2H3. The third kappa shape index (κ3) is 2.93. The number of halogens is 1. The molecule has 0 radical (unpaired) electrons. The van der Waals surface area contributed by atoms with Gasteiger partial charge in [-0.1, -0.05) is 18.5 Å². The lowest BCUT2D eigenvalue weighted by Crippen LogP contribution is -2.18. The number of aromatic nitrogens is 4. The van der Waals surface area contributed by atoms with Gasteiger partial charge in [0.15, 0.2) is 0 Å². The largest absolute Gasteiger partial charge is 0.321 e. The minimum absolute atomic E-state index is 0.273. The lowest BCUT2D eigenvalue weighted by molar-refractivity contribution is 0.573. The van der Waals surface area contributed by atoms with Crippen molar-refractivity contribution in [1.29, 1.82) is 0 Å². The van der Waals surface area contributed by atoms with Gasteiger partial charge >= 0.3 is 0 Å². The monoisotopic (exact) mass is 279 g/mol. The Morgan fingerprint density at radius 1 is 1.32 bits per heavy atom. The van der Waals surface area contributed by atoms with Crippen LogP contribution < -0.4 is 5.73 Å². The molecule has 2 aromatic rings. The van der Waals surface area contributed by atoms with Crippen molar-refractivity contribution in [3.8, 4) is 0 Å². The summed E-state index contributed by atoms with van der Waals surface area (Å²) in [5.41, 5.74) is 8.02. The third-order valence-corrected chi connectivity index (χ3v) is 3.46. The highest BCUT2D eigenvalue weighted by Gasteiger charge is 2.18. The molecular formula is C13H18ClN5. The molecular weight excluding hydrogens is 262 g/mol. The highest BCUT2D eigenvalue weighted by Crippen LogP contribution is 2.25. The van der Waals surface area contributed by atoms with Crippen LogP contribution in [-0.2, 0) is 19.4 Å². The quantitative estimate of drug-likeness (QED) is 0.910. The Labute approximate surface area is 117 Å². The average Bonchev–Trinajstić information content (AvgIpc) is 2.76. The average molecular weight is 280 g/mol. The summed E-state index contributed by atoms with van der Waals surface area (Å²) in [5.74, 6) is 0.625. The van der Waals surface area contributed by atoms with Crippen molar-refractivity contribution in [2.24, 2.45) is 5.73 Å². The van der Waals surface area contributed by atoms with Crippen LogP contribution in [0, 0.1) is 0 Å². The molecule has 19 heavy (non-hydrogen) atoms. The Morgan fingerprint density at radius 3 is 2.58 bits per heavy atom. The van der Waals surface area contributed by atoms with Crippen LogP contribution in [0.4, 0.5) is 0 Å². The van der Waals surface area contributed by atoms with E-state index >= 15 is 0 Å². The molecule has 102 valence electrons. The van der Waals surface area contributed by atoms with Crippen molar-refractivity contribution >= 4 is 11.6 Å². The van der Waals surface area contributed by atoms with E-state index in [0.717, 1.165) is 29.4 Å². The lowest BCUT2D eigenvalue weighted by atomic mass is 10.1. The van der Waals surface area contributed by atoms with Crippen LogP contribution in [-0.4, -0.2) is 19.7 Å². The van der Waals surface area contributed by atoms with Gasteiger partial charge in [-0.05, 0) is 19.4 Å². The Hall–Kier alpha value is -1.46. The van der Waals surface area contributed by atoms with Crippen molar-refractivity contribution in [2.75, 3.05) is 0 Å². The number of nitrogens with two attached hydrogens (primary N) is 1. The molecule has 0 aliphatic rings. The fourth-order valence-corrected chi connectivity index (χ4v) is 2.36. The van der Waals surface area contributed by atoms with E-state index in [1.807, 2.05) is 18.5 Å². The van der Waals surface area contributed by atoms with Crippen LogP contribution in [0.2, 0.25) is 5.02 Å². The van der Waals surface area contributed by atoms with Crippen LogP contribution in [0.1, 0.15) is 37.1 Å². The predicted octanol–water partition coefficient (Wildman–Crippen LogP) is 2.15. The van der Waals surface area contributed by atoms with Gasteiger partial charge in [0.2, 0.25) is 0 Å². The molecule has 2 heterocycles. The number of aryl methyl sites for hydroxylation is 2. The van der Waals surface area contributed by atoms with E-state index in [1.165, 1.54) is 0 Å². The van der Waals surface area contributed by atoms with Gasteiger partial charge in [0.25, 0.3) is 0 Å². The molecule has 0 amide bonds. The van der Waals surface area contributed by atoms with E-state index in [9.17, 15) is 0 Å². The second-order valence-electron chi connectivity index (χ2n) is 4.29. The Balaban J connectivity index is 2.26. The number of rotatable bonds is 5. The fraction of sp³-hybridized carbons (Fsp3) is 0.462. The van der Waals surface area contributed by atoms with Crippen LogP contribution in [0.25, 0.3) is 0 Å². The van der Waals surface area contributed by atoms with Crippen molar-refractivity contribution in [3.63, 3.8) is 0 Å². The summed E-state index contributed by atoms with van der Waals surface area (Å²) >= 11 is 6.36. The molecule has 0 bridgehead atoms. The molecule has 2 rings (SSSR count). The first-order valence-corrected chi connectivity index (χ1v) is 6.81. The first kappa shape index (κ1) is 14.0. The van der Waals surface area contributed by atoms with E-state index in [0.29, 0.717) is 12.2 Å². The summed E-state index contributed by atoms with van der Waals surface area (Å²) in [6.07, 6.45) is 4.79. The SMILES string of the molecule is CCc1nn(CC)c(CC(N)c2ncccn2)c1Cl. The van der Waals surface area contributed by atoms with Crippen LogP contribution in [0.3, 0.4) is 0 Å². The zero-order valence-corrected chi connectivity index (χ0v) is 11.9. The molecule has 6 heteroatoms. The highest BCUT2D eigenvalue weighted by molar-refractivity contribution is 6.31. The molecule has 1 atom stereocenters. The second kappa shape index (κ2) is 6.12. The maximum Gasteiger partial charge on any atom is 0.145 e. The molecule has 0 saturated heterocycles. The first-order chi connectivity index (χ1) is 9.17. The molecule has 2 aromatic heterocycles. The molecule has 0 saturated carbocycles. The minimum Gasteiger partial charge on any atom is -0.321 e. The Morgan fingerprint density at radius 2 is 2.00 bits per heavy atom. The number of hydrogen-bond acceptors (Lipinski definition) is 4. The molecule has 0 aromatic carbocycles. The zero-order valence-electron chi connectivity index (χ0n) is 11.2. The maximum absolute atomic E-state index is 6.36.